The van der Waals surface area contributed by atoms with Gasteiger partial charge in [-0.3, -0.25) is 4.79 Å². The average molecular weight is 260 g/mol. The van der Waals surface area contributed by atoms with Gasteiger partial charge in [0.15, 0.2) is 0 Å². The average Bonchev–Trinajstić information content (AvgIpc) is 2.43. The monoisotopic (exact) mass is 260 g/mol. The van der Waals surface area contributed by atoms with Crippen molar-refractivity contribution in [2.75, 3.05) is 25.0 Å². The number of fused-ring (bicyclic) bond motifs is 1. The number of nitrogens with zero attached hydrogens (tertiary/aromatic N) is 1. The lowest BCUT2D eigenvalue weighted by Crippen LogP contribution is -2.34. The maximum Gasteiger partial charge on any atom is 0.255 e. The van der Waals surface area contributed by atoms with Gasteiger partial charge >= 0.3 is 0 Å². The highest BCUT2D eigenvalue weighted by molar-refractivity contribution is 6.00. The fourth-order valence-corrected chi connectivity index (χ4v) is 2.65. The Bertz CT molecular complexity index is 454. The third-order valence-electron chi connectivity index (χ3n) is 3.56. The zero-order chi connectivity index (χ0) is 13.8. The molecule has 1 amide bonds. The van der Waals surface area contributed by atoms with E-state index in [1.165, 1.54) is 5.56 Å². The third kappa shape index (κ3) is 3.09. The molecule has 0 bridgehead atoms. The number of hydrogen-bond donors (Lipinski definition) is 1. The van der Waals surface area contributed by atoms with Gasteiger partial charge in [0.25, 0.3) is 5.91 Å². The zero-order valence-electron chi connectivity index (χ0n) is 12.2. The Kier molecular flexibility index (Phi) is 4.46. The molecule has 1 aromatic rings. The summed E-state index contributed by atoms with van der Waals surface area (Å²) < 4.78 is 0. The van der Waals surface area contributed by atoms with Gasteiger partial charge in [-0.1, -0.05) is 26.0 Å². The summed E-state index contributed by atoms with van der Waals surface area (Å²) in [5, 5.41) is 3.40. The molecule has 19 heavy (non-hydrogen) atoms. The summed E-state index contributed by atoms with van der Waals surface area (Å²) in [6.07, 6.45) is 2.22. The van der Waals surface area contributed by atoms with Crippen LogP contribution < -0.4 is 5.32 Å². The lowest BCUT2D eigenvalue weighted by Gasteiger charge is -2.26. The highest BCUT2D eigenvalue weighted by Crippen LogP contribution is 2.27. The number of benzene rings is 1. The molecule has 0 radical (unpaired) electrons. The molecule has 0 fully saturated rings. The van der Waals surface area contributed by atoms with Crippen LogP contribution >= 0.6 is 0 Å². The Balaban J connectivity index is 2.27. The second-order valence-corrected chi connectivity index (χ2v) is 5.61. The normalized spacial score (nSPS) is 13.9. The third-order valence-corrected chi connectivity index (χ3v) is 3.56. The van der Waals surface area contributed by atoms with Gasteiger partial charge in [0, 0.05) is 19.6 Å². The van der Waals surface area contributed by atoms with Crippen LogP contribution in [0, 0.1) is 5.92 Å². The van der Waals surface area contributed by atoms with Gasteiger partial charge in [0.2, 0.25) is 0 Å². The molecule has 3 heteroatoms. The van der Waals surface area contributed by atoms with Crippen molar-refractivity contribution in [2.45, 2.75) is 33.6 Å². The Morgan fingerprint density at radius 3 is 2.89 bits per heavy atom. The maximum atomic E-state index is 12.7. The number of carbonyl (C=O) groups excluding carboxylic acids is 1. The van der Waals surface area contributed by atoms with Crippen molar-refractivity contribution in [1.29, 1.82) is 0 Å². The smallest absolute Gasteiger partial charge is 0.255 e. The number of amides is 1. The molecule has 0 atom stereocenters. The van der Waals surface area contributed by atoms with Gasteiger partial charge in [-0.2, -0.15) is 0 Å². The first-order valence-corrected chi connectivity index (χ1v) is 7.28. The quantitative estimate of drug-likeness (QED) is 0.902. The van der Waals surface area contributed by atoms with Gasteiger partial charge in [-0.25, -0.2) is 0 Å². The van der Waals surface area contributed by atoms with E-state index in [1.54, 1.807) is 0 Å². The largest absolute Gasteiger partial charge is 0.384 e. The van der Waals surface area contributed by atoms with Crippen LogP contribution in [-0.4, -0.2) is 30.4 Å². The number of rotatable bonds is 4. The second-order valence-electron chi connectivity index (χ2n) is 5.61. The molecule has 0 aliphatic carbocycles. The van der Waals surface area contributed by atoms with Crippen LogP contribution in [0.4, 0.5) is 5.69 Å². The molecule has 1 aliphatic rings. The number of nitrogens with one attached hydrogen (secondary N) is 1. The van der Waals surface area contributed by atoms with Crippen LogP contribution in [-0.2, 0) is 6.42 Å². The standard InChI is InChI=1S/C16H24N2O/c1-4-18(11-12(2)3)16(19)14-9-5-7-13-8-6-10-17-15(13)14/h5,7,9,12,17H,4,6,8,10-11H2,1-3H3. The minimum Gasteiger partial charge on any atom is -0.384 e. The van der Waals surface area contributed by atoms with E-state index in [1.807, 2.05) is 24.0 Å². The lowest BCUT2D eigenvalue weighted by molar-refractivity contribution is 0.0746. The summed E-state index contributed by atoms with van der Waals surface area (Å²) in [5.41, 5.74) is 3.17. The van der Waals surface area contributed by atoms with Gasteiger partial charge in [0.1, 0.15) is 0 Å². The summed E-state index contributed by atoms with van der Waals surface area (Å²) in [7, 11) is 0. The van der Waals surface area contributed by atoms with E-state index in [9.17, 15) is 4.79 Å². The molecule has 3 nitrogen and oxygen atoms in total. The first kappa shape index (κ1) is 13.9. The molecule has 0 aromatic heterocycles. The van der Waals surface area contributed by atoms with Crippen molar-refractivity contribution in [2.24, 2.45) is 5.92 Å². The van der Waals surface area contributed by atoms with E-state index in [-0.39, 0.29) is 5.91 Å². The molecule has 1 heterocycles. The Morgan fingerprint density at radius 2 is 2.21 bits per heavy atom. The SMILES string of the molecule is CCN(CC(C)C)C(=O)c1cccc2c1NCCC2. The van der Waals surface area contributed by atoms with E-state index in [2.05, 4.69) is 25.2 Å². The summed E-state index contributed by atoms with van der Waals surface area (Å²) in [6, 6.07) is 6.07. The predicted molar refractivity (Wildman–Crippen MR) is 79.7 cm³/mol. The summed E-state index contributed by atoms with van der Waals surface area (Å²) in [5.74, 6) is 0.652. The Labute approximate surface area is 116 Å². The lowest BCUT2D eigenvalue weighted by atomic mass is 9.98. The first-order valence-electron chi connectivity index (χ1n) is 7.28. The number of para-hydroxylation sites is 1. The molecule has 1 aliphatic heterocycles. The fourth-order valence-electron chi connectivity index (χ4n) is 2.65. The number of hydrogen-bond acceptors (Lipinski definition) is 2. The van der Waals surface area contributed by atoms with E-state index < -0.39 is 0 Å². The molecule has 2 rings (SSSR count). The molecule has 0 saturated carbocycles. The van der Waals surface area contributed by atoms with Crippen molar-refractivity contribution >= 4 is 11.6 Å². The van der Waals surface area contributed by atoms with Gasteiger partial charge < -0.3 is 10.2 Å². The molecular weight excluding hydrogens is 236 g/mol. The molecule has 1 aromatic carbocycles. The molecule has 0 unspecified atom stereocenters. The zero-order valence-corrected chi connectivity index (χ0v) is 12.2. The van der Waals surface area contributed by atoms with Gasteiger partial charge in [-0.05, 0) is 37.3 Å². The van der Waals surface area contributed by atoms with E-state index in [0.717, 1.165) is 43.7 Å². The topological polar surface area (TPSA) is 32.3 Å². The minimum atomic E-state index is 0.155. The van der Waals surface area contributed by atoms with Crippen molar-refractivity contribution in [3.05, 3.63) is 29.3 Å². The highest BCUT2D eigenvalue weighted by atomic mass is 16.2. The van der Waals surface area contributed by atoms with Crippen LogP contribution in [0.3, 0.4) is 0 Å². The number of carbonyl (C=O) groups is 1. The van der Waals surface area contributed by atoms with Crippen LogP contribution in [0.1, 0.15) is 43.1 Å². The van der Waals surface area contributed by atoms with Crippen molar-refractivity contribution < 1.29 is 4.79 Å². The van der Waals surface area contributed by atoms with Crippen molar-refractivity contribution in [1.82, 2.24) is 4.90 Å². The molecule has 104 valence electrons. The minimum absolute atomic E-state index is 0.155. The fraction of sp³-hybridized carbons (Fsp3) is 0.562. The van der Waals surface area contributed by atoms with Crippen molar-refractivity contribution in [3.63, 3.8) is 0 Å². The first-order chi connectivity index (χ1) is 9.13. The van der Waals surface area contributed by atoms with Crippen LogP contribution in [0.5, 0.6) is 0 Å². The molecule has 0 spiro atoms. The maximum absolute atomic E-state index is 12.7. The van der Waals surface area contributed by atoms with E-state index >= 15 is 0 Å². The number of aryl methyl sites for hydroxylation is 1. The summed E-state index contributed by atoms with van der Waals surface area (Å²) in [4.78, 5) is 14.6. The summed E-state index contributed by atoms with van der Waals surface area (Å²) in [6.45, 7) is 8.89. The Morgan fingerprint density at radius 1 is 1.42 bits per heavy atom. The van der Waals surface area contributed by atoms with E-state index in [0.29, 0.717) is 5.92 Å². The van der Waals surface area contributed by atoms with Crippen LogP contribution in [0.2, 0.25) is 0 Å². The molecule has 0 saturated heterocycles. The van der Waals surface area contributed by atoms with Gasteiger partial charge in [0.05, 0.1) is 11.3 Å². The van der Waals surface area contributed by atoms with E-state index in [4.69, 9.17) is 0 Å². The van der Waals surface area contributed by atoms with Crippen LogP contribution in [0.25, 0.3) is 0 Å². The Hall–Kier alpha value is -1.51. The van der Waals surface area contributed by atoms with Crippen molar-refractivity contribution in [3.8, 4) is 0 Å². The van der Waals surface area contributed by atoms with Crippen LogP contribution in [0.15, 0.2) is 18.2 Å². The summed E-state index contributed by atoms with van der Waals surface area (Å²) >= 11 is 0. The highest BCUT2D eigenvalue weighted by Gasteiger charge is 2.21. The molecule has 1 N–H and O–H groups in total. The number of anilines is 1. The molecular formula is C16H24N2O. The second kappa shape index (κ2) is 6.09. The predicted octanol–water partition coefficient (Wildman–Crippen LogP) is 3.16. The van der Waals surface area contributed by atoms with Gasteiger partial charge in [-0.15, -0.1) is 0 Å².